The summed E-state index contributed by atoms with van der Waals surface area (Å²) < 4.78 is 41.5. The standard InChI is InChI=1S/C18H17F3N6O2S/c1-17(2)15(29)27(13-4-3-11(8-22)14(7-13)18(19,20)21)16(30)26(17)10-12-9-25(5-6-28)24-23-12/h3-4,7,9,28H,5-6,10H2,1-2H3. The quantitative estimate of drug-likeness (QED) is 0.714. The molecule has 158 valence electrons. The van der Waals surface area contributed by atoms with Crippen LogP contribution in [0.4, 0.5) is 18.9 Å². The predicted molar refractivity (Wildman–Crippen MR) is 103 cm³/mol. The minimum Gasteiger partial charge on any atom is -0.394 e. The van der Waals surface area contributed by atoms with E-state index in [0.29, 0.717) is 5.69 Å². The number of aliphatic hydroxyl groups excluding tert-OH is 1. The van der Waals surface area contributed by atoms with Gasteiger partial charge in [0.15, 0.2) is 5.11 Å². The molecule has 1 amide bonds. The molecule has 2 aromatic rings. The lowest BCUT2D eigenvalue weighted by molar-refractivity contribution is -0.137. The number of anilines is 1. The smallest absolute Gasteiger partial charge is 0.394 e. The van der Waals surface area contributed by atoms with Gasteiger partial charge in [0.2, 0.25) is 0 Å². The Bertz CT molecular complexity index is 1040. The molecule has 1 N–H and O–H groups in total. The summed E-state index contributed by atoms with van der Waals surface area (Å²) in [5.41, 5.74) is -2.42. The number of carbonyl (C=O) groups excluding carboxylic acids is 1. The average Bonchev–Trinajstić information content (AvgIpc) is 3.18. The molecule has 0 atom stereocenters. The number of rotatable bonds is 5. The fraction of sp³-hybridized carbons (Fsp3) is 0.389. The third kappa shape index (κ3) is 3.73. The monoisotopic (exact) mass is 438 g/mol. The van der Waals surface area contributed by atoms with Gasteiger partial charge in [0.1, 0.15) is 11.2 Å². The summed E-state index contributed by atoms with van der Waals surface area (Å²) in [6.07, 6.45) is -3.17. The van der Waals surface area contributed by atoms with E-state index in [-0.39, 0.29) is 30.5 Å². The molecule has 1 aromatic heterocycles. The highest BCUT2D eigenvalue weighted by molar-refractivity contribution is 7.80. The van der Waals surface area contributed by atoms with Gasteiger partial charge in [-0.25, -0.2) is 4.68 Å². The lowest BCUT2D eigenvalue weighted by atomic mass is 10.0. The molecule has 3 rings (SSSR count). The summed E-state index contributed by atoms with van der Waals surface area (Å²) in [7, 11) is 0. The second-order valence-electron chi connectivity index (χ2n) is 7.10. The van der Waals surface area contributed by atoms with Crippen LogP contribution in [0.1, 0.15) is 30.7 Å². The summed E-state index contributed by atoms with van der Waals surface area (Å²) in [5, 5.41) is 25.8. The van der Waals surface area contributed by atoms with Crippen LogP contribution in [-0.2, 0) is 24.1 Å². The number of hydrogen-bond acceptors (Lipinski definition) is 6. The molecule has 1 aromatic carbocycles. The zero-order chi connectivity index (χ0) is 22.3. The van der Waals surface area contributed by atoms with Crippen LogP contribution in [0, 0.1) is 11.3 Å². The molecule has 0 saturated carbocycles. The zero-order valence-corrected chi connectivity index (χ0v) is 16.8. The number of halogens is 3. The van der Waals surface area contributed by atoms with E-state index in [2.05, 4.69) is 10.3 Å². The van der Waals surface area contributed by atoms with E-state index in [9.17, 15) is 18.0 Å². The Kier molecular flexibility index (Phi) is 5.53. The minimum absolute atomic E-state index is 0.0135. The number of thiocarbonyl (C=S) groups is 1. The van der Waals surface area contributed by atoms with E-state index < -0.39 is 28.7 Å². The van der Waals surface area contributed by atoms with Gasteiger partial charge in [-0.2, -0.15) is 18.4 Å². The number of benzene rings is 1. The van der Waals surface area contributed by atoms with Crippen molar-refractivity contribution in [3.05, 3.63) is 41.2 Å². The molecule has 0 spiro atoms. The SMILES string of the molecule is CC1(C)C(=O)N(c2ccc(C#N)c(C(F)(F)F)c2)C(=S)N1Cc1cn(CCO)nn1. The molecule has 8 nitrogen and oxygen atoms in total. The highest BCUT2D eigenvalue weighted by Gasteiger charge is 2.50. The summed E-state index contributed by atoms with van der Waals surface area (Å²) in [5.74, 6) is -0.506. The topological polar surface area (TPSA) is 98.3 Å². The Morgan fingerprint density at radius 2 is 2.03 bits per heavy atom. The third-order valence-corrected chi connectivity index (χ3v) is 5.15. The number of nitrogens with zero attached hydrogens (tertiary/aromatic N) is 6. The number of alkyl halides is 3. The van der Waals surface area contributed by atoms with Gasteiger partial charge in [-0.05, 0) is 44.3 Å². The zero-order valence-electron chi connectivity index (χ0n) is 16.0. The fourth-order valence-corrected chi connectivity index (χ4v) is 3.60. The second kappa shape index (κ2) is 7.66. The molecule has 0 aliphatic carbocycles. The van der Waals surface area contributed by atoms with Gasteiger partial charge >= 0.3 is 6.18 Å². The number of amides is 1. The first kappa shape index (κ1) is 21.7. The Morgan fingerprint density at radius 3 is 2.63 bits per heavy atom. The molecule has 12 heteroatoms. The van der Waals surface area contributed by atoms with Crippen molar-refractivity contribution in [2.45, 2.75) is 38.7 Å². The Hall–Kier alpha value is -3.04. The van der Waals surface area contributed by atoms with Crippen molar-refractivity contribution in [2.75, 3.05) is 11.5 Å². The minimum atomic E-state index is -4.76. The van der Waals surface area contributed by atoms with Crippen LogP contribution < -0.4 is 4.90 Å². The van der Waals surface area contributed by atoms with Crippen LogP contribution in [0.3, 0.4) is 0 Å². The maximum absolute atomic E-state index is 13.3. The Labute approximate surface area is 175 Å². The summed E-state index contributed by atoms with van der Waals surface area (Å²) in [4.78, 5) is 15.6. The maximum atomic E-state index is 13.3. The summed E-state index contributed by atoms with van der Waals surface area (Å²) in [6, 6.07) is 4.54. The highest BCUT2D eigenvalue weighted by Crippen LogP contribution is 2.38. The number of hydrogen-bond donors (Lipinski definition) is 1. The molecular weight excluding hydrogens is 421 g/mol. The van der Waals surface area contributed by atoms with E-state index in [1.54, 1.807) is 24.9 Å². The lowest BCUT2D eigenvalue weighted by Crippen LogP contribution is -2.43. The van der Waals surface area contributed by atoms with Crippen molar-refractivity contribution in [2.24, 2.45) is 0 Å². The lowest BCUT2D eigenvalue weighted by Gasteiger charge is -2.28. The second-order valence-corrected chi connectivity index (χ2v) is 7.47. The molecule has 1 aliphatic rings. The Balaban J connectivity index is 1.96. The van der Waals surface area contributed by atoms with E-state index >= 15 is 0 Å². The molecule has 0 unspecified atom stereocenters. The van der Waals surface area contributed by atoms with Crippen molar-refractivity contribution < 1.29 is 23.1 Å². The van der Waals surface area contributed by atoms with Gasteiger partial charge in [0.05, 0.1) is 48.8 Å². The number of aliphatic hydroxyl groups is 1. The molecule has 0 bridgehead atoms. The van der Waals surface area contributed by atoms with Crippen LogP contribution in [0.2, 0.25) is 0 Å². The fourth-order valence-electron chi connectivity index (χ4n) is 3.12. The van der Waals surface area contributed by atoms with Gasteiger partial charge in [0.25, 0.3) is 5.91 Å². The maximum Gasteiger partial charge on any atom is 0.417 e. The van der Waals surface area contributed by atoms with Crippen molar-refractivity contribution in [1.82, 2.24) is 19.9 Å². The molecular formula is C18H17F3N6O2S. The van der Waals surface area contributed by atoms with Gasteiger partial charge in [-0.3, -0.25) is 9.69 Å². The van der Waals surface area contributed by atoms with Crippen molar-refractivity contribution >= 4 is 28.9 Å². The normalized spacial score (nSPS) is 16.3. The number of nitriles is 1. The molecule has 1 fully saturated rings. The van der Waals surface area contributed by atoms with Gasteiger partial charge in [-0.1, -0.05) is 5.21 Å². The van der Waals surface area contributed by atoms with Crippen LogP contribution in [0.15, 0.2) is 24.4 Å². The van der Waals surface area contributed by atoms with Crippen molar-refractivity contribution in [3.8, 4) is 6.07 Å². The van der Waals surface area contributed by atoms with E-state index in [4.69, 9.17) is 22.6 Å². The van der Waals surface area contributed by atoms with Crippen molar-refractivity contribution in [1.29, 1.82) is 5.26 Å². The van der Waals surface area contributed by atoms with E-state index in [0.717, 1.165) is 17.0 Å². The van der Waals surface area contributed by atoms with Crippen LogP contribution in [-0.4, -0.2) is 48.2 Å². The number of aromatic nitrogens is 3. The largest absolute Gasteiger partial charge is 0.417 e. The number of carbonyl (C=O) groups is 1. The van der Waals surface area contributed by atoms with Gasteiger partial charge < -0.3 is 10.0 Å². The molecule has 1 saturated heterocycles. The van der Waals surface area contributed by atoms with Crippen molar-refractivity contribution in [3.63, 3.8) is 0 Å². The van der Waals surface area contributed by atoms with Gasteiger partial charge in [0, 0.05) is 0 Å². The molecule has 30 heavy (non-hydrogen) atoms. The third-order valence-electron chi connectivity index (χ3n) is 4.75. The highest BCUT2D eigenvalue weighted by atomic mass is 32.1. The first-order valence-corrected chi connectivity index (χ1v) is 9.19. The van der Waals surface area contributed by atoms with E-state index in [1.807, 2.05) is 0 Å². The first-order chi connectivity index (χ1) is 14.0. The molecule has 1 aliphatic heterocycles. The summed E-state index contributed by atoms with van der Waals surface area (Å²) in [6.45, 7) is 3.43. The van der Waals surface area contributed by atoms with E-state index in [1.165, 1.54) is 16.8 Å². The van der Waals surface area contributed by atoms with Gasteiger partial charge in [-0.15, -0.1) is 5.10 Å². The van der Waals surface area contributed by atoms with Crippen LogP contribution >= 0.6 is 12.2 Å². The predicted octanol–water partition coefficient (Wildman–Crippen LogP) is 2.07. The summed E-state index contributed by atoms with van der Waals surface area (Å²) >= 11 is 5.41. The first-order valence-electron chi connectivity index (χ1n) is 8.78. The average molecular weight is 438 g/mol. The van der Waals surface area contributed by atoms with Crippen LogP contribution in [0.5, 0.6) is 0 Å². The molecule has 2 heterocycles. The van der Waals surface area contributed by atoms with Crippen LogP contribution in [0.25, 0.3) is 0 Å². The Morgan fingerprint density at radius 1 is 1.33 bits per heavy atom. The molecule has 0 radical (unpaired) electrons.